The molecule has 0 aliphatic heterocycles. The van der Waals surface area contributed by atoms with Crippen molar-refractivity contribution in [1.82, 2.24) is 10.2 Å². The highest BCUT2D eigenvalue weighted by Gasteiger charge is 2.17. The number of hydrogen-bond acceptors (Lipinski definition) is 2. The normalized spacial score (nSPS) is 10.0. The van der Waals surface area contributed by atoms with E-state index in [0.717, 1.165) is 9.13 Å². The molecule has 0 heterocycles. The van der Waals surface area contributed by atoms with Gasteiger partial charge in [-0.3, -0.25) is 9.59 Å². The smallest absolute Gasteiger partial charge is 0.255 e. The minimum atomic E-state index is -0.143. The molecule has 1 N–H and O–H groups in total. The quantitative estimate of drug-likeness (QED) is 0.833. The third-order valence-electron chi connectivity index (χ3n) is 2.52. The Hall–Kier alpha value is -1.11. The first-order valence-corrected chi connectivity index (χ1v) is 6.82. The van der Waals surface area contributed by atoms with Gasteiger partial charge in [-0.1, -0.05) is 12.1 Å². The first kappa shape index (κ1) is 14.9. The fourth-order valence-electron chi connectivity index (χ4n) is 1.56. The van der Waals surface area contributed by atoms with Crippen LogP contribution in [0.15, 0.2) is 18.2 Å². The van der Waals surface area contributed by atoms with E-state index in [9.17, 15) is 9.59 Å². The number of amides is 2. The SMILES string of the molecule is CCNC(=O)CN(C)C(=O)c1cccc(C)c1I. The van der Waals surface area contributed by atoms with Crippen LogP contribution in [0.4, 0.5) is 0 Å². The Morgan fingerprint density at radius 3 is 2.67 bits per heavy atom. The fraction of sp³-hybridized carbons (Fsp3) is 0.385. The number of benzene rings is 1. The summed E-state index contributed by atoms with van der Waals surface area (Å²) >= 11 is 2.16. The van der Waals surface area contributed by atoms with E-state index in [0.29, 0.717) is 12.1 Å². The van der Waals surface area contributed by atoms with Gasteiger partial charge in [0.2, 0.25) is 5.91 Å². The summed E-state index contributed by atoms with van der Waals surface area (Å²) < 4.78 is 0.933. The molecule has 1 aromatic rings. The van der Waals surface area contributed by atoms with Gasteiger partial charge in [0.05, 0.1) is 12.1 Å². The van der Waals surface area contributed by atoms with Crippen LogP contribution in [-0.2, 0) is 4.79 Å². The van der Waals surface area contributed by atoms with Gasteiger partial charge in [-0.2, -0.15) is 0 Å². The predicted octanol–water partition coefficient (Wildman–Crippen LogP) is 1.81. The summed E-state index contributed by atoms with van der Waals surface area (Å²) in [5, 5.41) is 2.67. The molecule has 1 rings (SSSR count). The first-order valence-electron chi connectivity index (χ1n) is 5.74. The lowest BCUT2D eigenvalue weighted by molar-refractivity contribution is -0.121. The number of nitrogens with one attached hydrogen (secondary N) is 1. The number of halogens is 1. The maximum absolute atomic E-state index is 12.2. The van der Waals surface area contributed by atoms with Crippen LogP contribution in [-0.4, -0.2) is 36.9 Å². The van der Waals surface area contributed by atoms with E-state index in [2.05, 4.69) is 27.9 Å². The Morgan fingerprint density at radius 2 is 2.06 bits per heavy atom. The molecule has 0 saturated carbocycles. The number of carbonyl (C=O) groups is 2. The summed E-state index contributed by atoms with van der Waals surface area (Å²) in [4.78, 5) is 25.1. The molecular weight excluding hydrogens is 343 g/mol. The molecule has 98 valence electrons. The zero-order valence-electron chi connectivity index (χ0n) is 10.8. The number of hydrogen-bond donors (Lipinski definition) is 1. The van der Waals surface area contributed by atoms with Crippen LogP contribution in [0.1, 0.15) is 22.8 Å². The predicted molar refractivity (Wildman–Crippen MR) is 79.5 cm³/mol. The summed E-state index contributed by atoms with van der Waals surface area (Å²) in [7, 11) is 1.63. The maximum atomic E-state index is 12.2. The number of aryl methyl sites for hydroxylation is 1. The summed E-state index contributed by atoms with van der Waals surface area (Å²) in [5.74, 6) is -0.273. The zero-order valence-corrected chi connectivity index (χ0v) is 12.9. The number of nitrogens with zero attached hydrogens (tertiary/aromatic N) is 1. The van der Waals surface area contributed by atoms with Crippen molar-refractivity contribution in [3.8, 4) is 0 Å². The van der Waals surface area contributed by atoms with Gasteiger partial charge in [-0.15, -0.1) is 0 Å². The second-order valence-corrected chi connectivity index (χ2v) is 5.13. The number of rotatable bonds is 4. The van der Waals surface area contributed by atoms with Gasteiger partial charge in [0.25, 0.3) is 5.91 Å². The minimum Gasteiger partial charge on any atom is -0.355 e. The third-order valence-corrected chi connectivity index (χ3v) is 3.96. The third kappa shape index (κ3) is 3.69. The molecule has 0 aliphatic carbocycles. The fourth-order valence-corrected chi connectivity index (χ4v) is 2.15. The van der Waals surface area contributed by atoms with Crippen LogP contribution >= 0.6 is 22.6 Å². The standard InChI is InChI=1S/C13H17IN2O2/c1-4-15-11(17)8-16(3)13(18)10-7-5-6-9(2)12(10)14/h5-7H,4,8H2,1-3H3,(H,15,17). The van der Waals surface area contributed by atoms with E-state index >= 15 is 0 Å². The summed E-state index contributed by atoms with van der Waals surface area (Å²) in [6, 6.07) is 5.60. The van der Waals surface area contributed by atoms with Gasteiger partial charge < -0.3 is 10.2 Å². The second-order valence-electron chi connectivity index (χ2n) is 4.05. The highest BCUT2D eigenvalue weighted by molar-refractivity contribution is 14.1. The lowest BCUT2D eigenvalue weighted by Crippen LogP contribution is -2.38. The Bertz CT molecular complexity index is 460. The highest BCUT2D eigenvalue weighted by atomic mass is 127. The molecule has 2 amide bonds. The highest BCUT2D eigenvalue weighted by Crippen LogP contribution is 2.17. The molecule has 0 aromatic heterocycles. The summed E-state index contributed by atoms with van der Waals surface area (Å²) in [5.41, 5.74) is 1.70. The molecule has 5 heteroatoms. The van der Waals surface area contributed by atoms with Crippen molar-refractivity contribution >= 4 is 34.4 Å². The molecule has 0 unspecified atom stereocenters. The zero-order chi connectivity index (χ0) is 13.7. The van der Waals surface area contributed by atoms with Crippen LogP contribution in [0.5, 0.6) is 0 Å². The maximum Gasteiger partial charge on any atom is 0.255 e. The molecule has 0 bridgehead atoms. The van der Waals surface area contributed by atoms with E-state index in [-0.39, 0.29) is 18.4 Å². The van der Waals surface area contributed by atoms with Gasteiger partial charge >= 0.3 is 0 Å². The summed E-state index contributed by atoms with van der Waals surface area (Å²) in [6.07, 6.45) is 0. The van der Waals surface area contributed by atoms with Crippen molar-refractivity contribution in [1.29, 1.82) is 0 Å². The van der Waals surface area contributed by atoms with Gasteiger partial charge in [-0.05, 0) is 48.1 Å². The van der Waals surface area contributed by atoms with Gasteiger partial charge in [-0.25, -0.2) is 0 Å². The van der Waals surface area contributed by atoms with Crippen molar-refractivity contribution < 1.29 is 9.59 Å². The molecule has 0 atom stereocenters. The van der Waals surface area contributed by atoms with Crippen LogP contribution in [0, 0.1) is 10.5 Å². The molecule has 0 spiro atoms. The van der Waals surface area contributed by atoms with Crippen LogP contribution in [0.2, 0.25) is 0 Å². The Labute approximate surface area is 121 Å². The number of likely N-dealkylation sites (N-methyl/N-ethyl adjacent to an activating group) is 2. The van der Waals surface area contributed by atoms with E-state index < -0.39 is 0 Å². The van der Waals surface area contributed by atoms with Crippen LogP contribution in [0.25, 0.3) is 0 Å². The molecule has 0 aliphatic rings. The Balaban J connectivity index is 2.81. The molecule has 4 nitrogen and oxygen atoms in total. The largest absolute Gasteiger partial charge is 0.355 e. The monoisotopic (exact) mass is 360 g/mol. The molecule has 0 fully saturated rings. The van der Waals surface area contributed by atoms with Crippen molar-refractivity contribution in [2.24, 2.45) is 0 Å². The average Bonchev–Trinajstić information content (AvgIpc) is 2.32. The van der Waals surface area contributed by atoms with Crippen molar-refractivity contribution in [3.05, 3.63) is 32.9 Å². The van der Waals surface area contributed by atoms with E-state index in [1.54, 1.807) is 13.1 Å². The average molecular weight is 360 g/mol. The van der Waals surface area contributed by atoms with Gasteiger partial charge in [0, 0.05) is 17.2 Å². The second kappa shape index (κ2) is 6.72. The molecule has 0 saturated heterocycles. The Kier molecular flexibility index (Phi) is 5.58. The summed E-state index contributed by atoms with van der Waals surface area (Å²) in [6.45, 7) is 4.46. The number of carbonyl (C=O) groups excluding carboxylic acids is 2. The van der Waals surface area contributed by atoms with Crippen LogP contribution in [0.3, 0.4) is 0 Å². The Morgan fingerprint density at radius 1 is 1.39 bits per heavy atom. The van der Waals surface area contributed by atoms with Crippen molar-refractivity contribution in [2.75, 3.05) is 20.1 Å². The van der Waals surface area contributed by atoms with Crippen LogP contribution < -0.4 is 5.32 Å². The van der Waals surface area contributed by atoms with E-state index in [1.165, 1.54) is 4.90 Å². The van der Waals surface area contributed by atoms with Gasteiger partial charge in [0.1, 0.15) is 0 Å². The first-order chi connectivity index (χ1) is 8.47. The van der Waals surface area contributed by atoms with Crippen molar-refractivity contribution in [2.45, 2.75) is 13.8 Å². The van der Waals surface area contributed by atoms with Crippen molar-refractivity contribution in [3.63, 3.8) is 0 Å². The molecule has 0 radical (unpaired) electrons. The lowest BCUT2D eigenvalue weighted by atomic mass is 10.1. The van der Waals surface area contributed by atoms with E-state index in [4.69, 9.17) is 0 Å². The van der Waals surface area contributed by atoms with E-state index in [1.807, 2.05) is 26.0 Å². The molecular formula is C13H17IN2O2. The lowest BCUT2D eigenvalue weighted by Gasteiger charge is -2.17. The minimum absolute atomic E-state index is 0.0801. The topological polar surface area (TPSA) is 49.4 Å². The molecule has 1 aromatic carbocycles. The van der Waals surface area contributed by atoms with Gasteiger partial charge in [0.15, 0.2) is 0 Å². The molecule has 18 heavy (non-hydrogen) atoms.